The fraction of sp³-hybridized carbons (Fsp3) is 0.222. The molecule has 0 aliphatic carbocycles. The molecule has 0 radical (unpaired) electrons. The van der Waals surface area contributed by atoms with E-state index in [0.717, 1.165) is 0 Å². The van der Waals surface area contributed by atoms with Crippen molar-refractivity contribution in [2.75, 3.05) is 12.8 Å². The molecule has 1 rings (SSSR count). The first-order chi connectivity index (χ1) is 6.15. The highest BCUT2D eigenvalue weighted by molar-refractivity contribution is 5.74. The van der Waals surface area contributed by atoms with Crippen molar-refractivity contribution in [1.29, 1.82) is 0 Å². The zero-order valence-corrected chi connectivity index (χ0v) is 7.23. The van der Waals surface area contributed by atoms with E-state index in [1.165, 1.54) is 7.11 Å². The number of aliphatic carboxylic acids is 1. The van der Waals surface area contributed by atoms with E-state index in [0.29, 0.717) is 11.3 Å². The van der Waals surface area contributed by atoms with Gasteiger partial charge in [-0.1, -0.05) is 12.1 Å². The van der Waals surface area contributed by atoms with Gasteiger partial charge in [-0.05, 0) is 17.7 Å². The molecule has 4 heteroatoms. The Kier molecular flexibility index (Phi) is 2.87. The molecule has 0 aliphatic heterocycles. The second kappa shape index (κ2) is 3.91. The third kappa shape index (κ3) is 2.19. The van der Waals surface area contributed by atoms with Gasteiger partial charge in [0.15, 0.2) is 6.10 Å². The highest BCUT2D eigenvalue weighted by atomic mass is 16.5. The summed E-state index contributed by atoms with van der Waals surface area (Å²) in [4.78, 5) is 10.7. The summed E-state index contributed by atoms with van der Waals surface area (Å²) in [5.74, 6) is -1.01. The van der Waals surface area contributed by atoms with Crippen molar-refractivity contribution in [3.63, 3.8) is 0 Å². The number of anilines is 1. The van der Waals surface area contributed by atoms with E-state index in [1.807, 2.05) is 0 Å². The lowest BCUT2D eigenvalue weighted by Gasteiger charge is -2.10. The van der Waals surface area contributed by atoms with Gasteiger partial charge in [-0.2, -0.15) is 0 Å². The van der Waals surface area contributed by atoms with Crippen molar-refractivity contribution in [2.24, 2.45) is 0 Å². The standard InChI is InChI=1S/C9H11NO3/c1-13-8(9(11)12)6-2-4-7(10)5-3-6/h2-5,8H,10H2,1H3,(H,11,12). The van der Waals surface area contributed by atoms with E-state index < -0.39 is 12.1 Å². The number of nitrogen functional groups attached to an aromatic ring is 1. The summed E-state index contributed by atoms with van der Waals surface area (Å²) in [6.07, 6.45) is -0.916. The molecule has 13 heavy (non-hydrogen) atoms. The van der Waals surface area contributed by atoms with Crippen molar-refractivity contribution >= 4 is 11.7 Å². The van der Waals surface area contributed by atoms with Crippen molar-refractivity contribution in [3.05, 3.63) is 29.8 Å². The molecule has 0 aromatic heterocycles. The Hall–Kier alpha value is -1.55. The number of hydrogen-bond acceptors (Lipinski definition) is 3. The van der Waals surface area contributed by atoms with Crippen LogP contribution in [0.4, 0.5) is 5.69 Å². The quantitative estimate of drug-likeness (QED) is 0.683. The van der Waals surface area contributed by atoms with E-state index in [9.17, 15) is 4.79 Å². The van der Waals surface area contributed by atoms with Gasteiger partial charge < -0.3 is 15.6 Å². The van der Waals surface area contributed by atoms with Crippen molar-refractivity contribution in [2.45, 2.75) is 6.10 Å². The molecule has 0 spiro atoms. The lowest BCUT2D eigenvalue weighted by Crippen LogP contribution is -2.13. The Morgan fingerprint density at radius 3 is 2.38 bits per heavy atom. The lowest BCUT2D eigenvalue weighted by atomic mass is 10.1. The number of ether oxygens (including phenoxy) is 1. The normalized spacial score (nSPS) is 12.4. The minimum atomic E-state index is -1.01. The van der Waals surface area contributed by atoms with E-state index in [2.05, 4.69) is 0 Å². The molecule has 0 fully saturated rings. The van der Waals surface area contributed by atoms with Gasteiger partial charge in [-0.3, -0.25) is 0 Å². The van der Waals surface area contributed by atoms with E-state index in [1.54, 1.807) is 24.3 Å². The van der Waals surface area contributed by atoms with Crippen LogP contribution in [0.3, 0.4) is 0 Å². The molecule has 0 amide bonds. The zero-order chi connectivity index (χ0) is 9.84. The second-order valence-electron chi connectivity index (χ2n) is 2.62. The van der Waals surface area contributed by atoms with Crippen molar-refractivity contribution < 1.29 is 14.6 Å². The van der Waals surface area contributed by atoms with Gasteiger partial charge in [-0.15, -0.1) is 0 Å². The van der Waals surface area contributed by atoms with Crippen LogP contribution in [0.25, 0.3) is 0 Å². The first kappa shape index (κ1) is 9.54. The van der Waals surface area contributed by atoms with Gasteiger partial charge in [-0.25, -0.2) is 4.79 Å². The summed E-state index contributed by atoms with van der Waals surface area (Å²) in [5, 5.41) is 8.74. The molecule has 0 bridgehead atoms. The minimum absolute atomic E-state index is 0.587. The zero-order valence-electron chi connectivity index (χ0n) is 7.23. The van der Waals surface area contributed by atoms with Gasteiger partial charge in [0.05, 0.1) is 0 Å². The molecule has 3 N–H and O–H groups in total. The fourth-order valence-corrected chi connectivity index (χ4v) is 1.05. The van der Waals surface area contributed by atoms with Crippen LogP contribution < -0.4 is 5.73 Å². The SMILES string of the molecule is COC(C(=O)O)c1ccc(N)cc1. The summed E-state index contributed by atoms with van der Waals surface area (Å²) in [6.45, 7) is 0. The molecule has 1 unspecified atom stereocenters. The molecular formula is C9H11NO3. The predicted octanol–water partition coefficient (Wildman–Crippen LogP) is 1.04. The Morgan fingerprint density at radius 1 is 1.46 bits per heavy atom. The Labute approximate surface area is 75.9 Å². The summed E-state index contributed by atoms with van der Waals surface area (Å²) < 4.78 is 4.80. The molecule has 0 saturated heterocycles. The summed E-state index contributed by atoms with van der Waals surface area (Å²) >= 11 is 0. The van der Waals surface area contributed by atoms with Crippen LogP contribution in [0.5, 0.6) is 0 Å². The molecule has 1 aromatic carbocycles. The maximum absolute atomic E-state index is 10.7. The van der Waals surface area contributed by atoms with Crippen LogP contribution in [-0.4, -0.2) is 18.2 Å². The average Bonchev–Trinajstić information content (AvgIpc) is 2.09. The Balaban J connectivity index is 2.92. The van der Waals surface area contributed by atoms with Crippen LogP contribution in [0.1, 0.15) is 11.7 Å². The lowest BCUT2D eigenvalue weighted by molar-refractivity contribution is -0.148. The Bertz CT molecular complexity index is 294. The summed E-state index contributed by atoms with van der Waals surface area (Å²) in [6, 6.07) is 6.56. The molecule has 0 heterocycles. The highest BCUT2D eigenvalue weighted by Gasteiger charge is 2.17. The van der Waals surface area contributed by atoms with Crippen molar-refractivity contribution in [3.8, 4) is 0 Å². The number of nitrogens with two attached hydrogens (primary N) is 1. The van der Waals surface area contributed by atoms with Gasteiger partial charge in [0.1, 0.15) is 0 Å². The number of carboxylic acids is 1. The van der Waals surface area contributed by atoms with Crippen molar-refractivity contribution in [1.82, 2.24) is 0 Å². The average molecular weight is 181 g/mol. The number of carbonyl (C=O) groups is 1. The smallest absolute Gasteiger partial charge is 0.337 e. The van der Waals surface area contributed by atoms with Gasteiger partial charge in [0.25, 0.3) is 0 Å². The van der Waals surface area contributed by atoms with Gasteiger partial charge >= 0.3 is 5.97 Å². The van der Waals surface area contributed by atoms with Crippen LogP contribution in [0, 0.1) is 0 Å². The second-order valence-corrected chi connectivity index (χ2v) is 2.62. The number of carboxylic acid groups (broad SMARTS) is 1. The maximum atomic E-state index is 10.7. The number of methoxy groups -OCH3 is 1. The molecule has 0 aliphatic rings. The highest BCUT2D eigenvalue weighted by Crippen LogP contribution is 2.17. The molecule has 70 valence electrons. The number of benzene rings is 1. The molecular weight excluding hydrogens is 170 g/mol. The first-order valence-corrected chi connectivity index (χ1v) is 3.76. The number of hydrogen-bond donors (Lipinski definition) is 2. The molecule has 0 saturated carbocycles. The molecule has 1 atom stereocenters. The molecule has 1 aromatic rings. The first-order valence-electron chi connectivity index (χ1n) is 3.76. The van der Waals surface area contributed by atoms with E-state index >= 15 is 0 Å². The third-order valence-corrected chi connectivity index (χ3v) is 1.70. The van der Waals surface area contributed by atoms with Gasteiger partial charge in [0.2, 0.25) is 0 Å². The largest absolute Gasteiger partial charge is 0.479 e. The van der Waals surface area contributed by atoms with E-state index in [4.69, 9.17) is 15.6 Å². The maximum Gasteiger partial charge on any atom is 0.337 e. The fourth-order valence-electron chi connectivity index (χ4n) is 1.05. The molecule has 4 nitrogen and oxygen atoms in total. The minimum Gasteiger partial charge on any atom is -0.479 e. The topological polar surface area (TPSA) is 72.5 Å². The number of rotatable bonds is 3. The summed E-state index contributed by atoms with van der Waals surface area (Å²) in [5.41, 5.74) is 6.64. The summed E-state index contributed by atoms with van der Waals surface area (Å²) in [7, 11) is 1.36. The Morgan fingerprint density at radius 2 is 2.00 bits per heavy atom. The predicted molar refractivity (Wildman–Crippen MR) is 48.2 cm³/mol. The van der Waals surface area contributed by atoms with Crippen LogP contribution >= 0.6 is 0 Å². The monoisotopic (exact) mass is 181 g/mol. The van der Waals surface area contributed by atoms with E-state index in [-0.39, 0.29) is 0 Å². The van der Waals surface area contributed by atoms with Crippen LogP contribution in [-0.2, 0) is 9.53 Å². The van der Waals surface area contributed by atoms with Crippen LogP contribution in [0.15, 0.2) is 24.3 Å². The third-order valence-electron chi connectivity index (χ3n) is 1.70. The van der Waals surface area contributed by atoms with Crippen LogP contribution in [0.2, 0.25) is 0 Å². The van der Waals surface area contributed by atoms with Gasteiger partial charge in [0, 0.05) is 12.8 Å².